The Bertz CT molecular complexity index is 508. The number of aliphatic hydroxyl groups is 1. The molecule has 0 saturated carbocycles. The monoisotopic (exact) mass is 222 g/mol. The van der Waals surface area contributed by atoms with E-state index in [0.29, 0.717) is 17.0 Å². The maximum Gasteiger partial charge on any atom is 0.255 e. The first kappa shape index (κ1) is 10.8. The molecule has 1 atom stereocenters. The van der Waals surface area contributed by atoms with Gasteiger partial charge in [-0.05, 0) is 37.6 Å². The zero-order chi connectivity index (χ0) is 11.7. The van der Waals surface area contributed by atoms with Crippen molar-refractivity contribution in [3.8, 4) is 11.4 Å². The van der Waals surface area contributed by atoms with Crippen LogP contribution in [0.3, 0.4) is 0 Å². The van der Waals surface area contributed by atoms with Gasteiger partial charge in [0.25, 0.3) is 5.89 Å². The van der Waals surface area contributed by atoms with Crippen molar-refractivity contribution < 1.29 is 14.0 Å². The van der Waals surface area contributed by atoms with Gasteiger partial charge in [-0.25, -0.2) is 4.39 Å². The van der Waals surface area contributed by atoms with E-state index in [1.165, 1.54) is 13.0 Å². The van der Waals surface area contributed by atoms with Crippen molar-refractivity contribution in [3.05, 3.63) is 35.5 Å². The Kier molecular flexibility index (Phi) is 2.70. The van der Waals surface area contributed by atoms with Crippen molar-refractivity contribution in [1.82, 2.24) is 10.1 Å². The standard InChI is InChI=1S/C11H11FN2O2/c1-6-5-8(3-4-9(6)12)10-13-11(7(2)15)16-14-10/h3-5,7,15H,1-2H3/t7-/m0/s1. The summed E-state index contributed by atoms with van der Waals surface area (Å²) >= 11 is 0. The van der Waals surface area contributed by atoms with Crippen LogP contribution in [0.2, 0.25) is 0 Å². The largest absolute Gasteiger partial charge is 0.384 e. The van der Waals surface area contributed by atoms with E-state index < -0.39 is 6.10 Å². The Hall–Kier alpha value is -1.75. The first-order valence-electron chi connectivity index (χ1n) is 4.86. The van der Waals surface area contributed by atoms with Crippen LogP contribution in [0.15, 0.2) is 22.7 Å². The van der Waals surface area contributed by atoms with Crippen LogP contribution < -0.4 is 0 Å². The minimum Gasteiger partial charge on any atom is -0.384 e. The fourth-order valence-corrected chi connectivity index (χ4v) is 1.31. The topological polar surface area (TPSA) is 59.2 Å². The molecule has 0 saturated heterocycles. The molecule has 2 rings (SSSR count). The molecule has 0 aliphatic heterocycles. The van der Waals surface area contributed by atoms with Crippen molar-refractivity contribution in [2.24, 2.45) is 0 Å². The maximum absolute atomic E-state index is 13.0. The molecule has 0 fully saturated rings. The Morgan fingerprint density at radius 1 is 1.44 bits per heavy atom. The minimum absolute atomic E-state index is 0.150. The number of rotatable bonds is 2. The number of halogens is 1. The molecule has 0 aliphatic carbocycles. The molecule has 4 nitrogen and oxygen atoms in total. The van der Waals surface area contributed by atoms with E-state index in [0.717, 1.165) is 0 Å². The van der Waals surface area contributed by atoms with Gasteiger partial charge in [0, 0.05) is 5.56 Å². The number of aliphatic hydroxyl groups excluding tert-OH is 1. The number of hydrogen-bond donors (Lipinski definition) is 1. The lowest BCUT2D eigenvalue weighted by Gasteiger charge is -1.98. The minimum atomic E-state index is -0.803. The van der Waals surface area contributed by atoms with Gasteiger partial charge in [-0.2, -0.15) is 4.98 Å². The Morgan fingerprint density at radius 2 is 2.19 bits per heavy atom. The summed E-state index contributed by atoms with van der Waals surface area (Å²) in [7, 11) is 0. The molecule has 1 heterocycles. The Balaban J connectivity index is 2.39. The average molecular weight is 222 g/mol. The highest BCUT2D eigenvalue weighted by atomic mass is 19.1. The van der Waals surface area contributed by atoms with Gasteiger partial charge < -0.3 is 9.63 Å². The Labute approximate surface area is 91.7 Å². The van der Waals surface area contributed by atoms with Crippen LogP contribution in [0.1, 0.15) is 24.5 Å². The third kappa shape index (κ3) is 1.94. The highest BCUT2D eigenvalue weighted by molar-refractivity contribution is 5.55. The van der Waals surface area contributed by atoms with Gasteiger partial charge in [-0.1, -0.05) is 5.16 Å². The number of hydrogen-bond acceptors (Lipinski definition) is 4. The number of nitrogens with zero attached hydrogens (tertiary/aromatic N) is 2. The summed E-state index contributed by atoms with van der Waals surface area (Å²) < 4.78 is 17.9. The fourth-order valence-electron chi connectivity index (χ4n) is 1.31. The lowest BCUT2D eigenvalue weighted by atomic mass is 10.1. The third-order valence-corrected chi connectivity index (χ3v) is 2.22. The predicted molar refractivity (Wildman–Crippen MR) is 55.1 cm³/mol. The van der Waals surface area contributed by atoms with Gasteiger partial charge in [-0.15, -0.1) is 0 Å². The molecular formula is C11H11FN2O2. The van der Waals surface area contributed by atoms with Gasteiger partial charge in [0.2, 0.25) is 5.82 Å². The highest BCUT2D eigenvalue weighted by Crippen LogP contribution is 2.20. The molecule has 0 bridgehead atoms. The first-order valence-corrected chi connectivity index (χ1v) is 4.86. The lowest BCUT2D eigenvalue weighted by molar-refractivity contribution is 0.152. The van der Waals surface area contributed by atoms with Crippen molar-refractivity contribution in [2.75, 3.05) is 0 Å². The summed E-state index contributed by atoms with van der Waals surface area (Å²) in [6.45, 7) is 3.20. The summed E-state index contributed by atoms with van der Waals surface area (Å²) in [5.74, 6) is 0.221. The molecule has 1 N–H and O–H groups in total. The molecule has 0 unspecified atom stereocenters. The van der Waals surface area contributed by atoms with Crippen molar-refractivity contribution in [3.63, 3.8) is 0 Å². The molecule has 1 aromatic heterocycles. The highest BCUT2D eigenvalue weighted by Gasteiger charge is 2.13. The molecule has 0 spiro atoms. The molecule has 1 aromatic carbocycles. The van der Waals surface area contributed by atoms with Crippen LogP contribution in [0, 0.1) is 12.7 Å². The third-order valence-electron chi connectivity index (χ3n) is 2.22. The smallest absolute Gasteiger partial charge is 0.255 e. The molecule has 2 aromatic rings. The van der Waals surface area contributed by atoms with E-state index in [2.05, 4.69) is 10.1 Å². The van der Waals surface area contributed by atoms with Gasteiger partial charge in [0.15, 0.2) is 0 Å². The fraction of sp³-hybridized carbons (Fsp3) is 0.273. The van der Waals surface area contributed by atoms with Gasteiger partial charge >= 0.3 is 0 Å². The second kappa shape index (κ2) is 4.02. The lowest BCUT2D eigenvalue weighted by Crippen LogP contribution is -1.91. The zero-order valence-corrected chi connectivity index (χ0v) is 8.94. The molecule has 0 aliphatic rings. The van der Waals surface area contributed by atoms with Crippen molar-refractivity contribution >= 4 is 0 Å². The molecule has 0 amide bonds. The van der Waals surface area contributed by atoms with E-state index in [1.807, 2.05) is 0 Å². The first-order chi connectivity index (χ1) is 7.58. The maximum atomic E-state index is 13.0. The van der Waals surface area contributed by atoms with E-state index in [4.69, 9.17) is 4.52 Å². The van der Waals surface area contributed by atoms with Gasteiger partial charge in [0.05, 0.1) is 0 Å². The number of aromatic nitrogens is 2. The van der Waals surface area contributed by atoms with Crippen LogP contribution in [0.4, 0.5) is 4.39 Å². The van der Waals surface area contributed by atoms with Crippen LogP contribution in [-0.2, 0) is 0 Å². The summed E-state index contributed by atoms with van der Waals surface area (Å²) in [5.41, 5.74) is 1.18. The van der Waals surface area contributed by atoms with Crippen molar-refractivity contribution in [1.29, 1.82) is 0 Å². The second-order valence-corrected chi connectivity index (χ2v) is 3.60. The van der Waals surface area contributed by atoms with Gasteiger partial charge in [0.1, 0.15) is 11.9 Å². The average Bonchev–Trinajstić information content (AvgIpc) is 2.71. The molecule has 84 valence electrons. The molecular weight excluding hydrogens is 211 g/mol. The van der Waals surface area contributed by atoms with Crippen molar-refractivity contribution in [2.45, 2.75) is 20.0 Å². The zero-order valence-electron chi connectivity index (χ0n) is 8.94. The predicted octanol–water partition coefficient (Wildman–Crippen LogP) is 2.24. The van der Waals surface area contributed by atoms with E-state index in [-0.39, 0.29) is 11.7 Å². The SMILES string of the molecule is Cc1cc(-c2noc([C@H](C)O)n2)ccc1F. The van der Waals surface area contributed by atoms with E-state index >= 15 is 0 Å². The number of aryl methyl sites for hydroxylation is 1. The van der Waals surface area contributed by atoms with E-state index in [1.54, 1.807) is 19.1 Å². The van der Waals surface area contributed by atoms with Crippen LogP contribution >= 0.6 is 0 Å². The Morgan fingerprint density at radius 3 is 2.75 bits per heavy atom. The van der Waals surface area contributed by atoms with Crippen LogP contribution in [0.5, 0.6) is 0 Å². The van der Waals surface area contributed by atoms with Gasteiger partial charge in [-0.3, -0.25) is 0 Å². The summed E-state index contributed by atoms with van der Waals surface area (Å²) in [6.07, 6.45) is -0.803. The van der Waals surface area contributed by atoms with Crippen LogP contribution in [-0.4, -0.2) is 15.2 Å². The quantitative estimate of drug-likeness (QED) is 0.846. The summed E-state index contributed by atoms with van der Waals surface area (Å²) in [4.78, 5) is 4.00. The molecule has 5 heteroatoms. The van der Waals surface area contributed by atoms with E-state index in [9.17, 15) is 9.50 Å². The normalized spacial score (nSPS) is 12.8. The number of benzene rings is 1. The summed E-state index contributed by atoms with van der Waals surface area (Å²) in [5, 5.41) is 12.9. The molecule has 0 radical (unpaired) electrons. The summed E-state index contributed by atoms with van der Waals surface area (Å²) in [6, 6.07) is 4.55. The molecule has 16 heavy (non-hydrogen) atoms. The second-order valence-electron chi connectivity index (χ2n) is 3.60. The van der Waals surface area contributed by atoms with Crippen LogP contribution in [0.25, 0.3) is 11.4 Å².